The van der Waals surface area contributed by atoms with Crippen LogP contribution in [0.3, 0.4) is 0 Å². The summed E-state index contributed by atoms with van der Waals surface area (Å²) in [6.07, 6.45) is 3.08. The van der Waals surface area contributed by atoms with Crippen LogP contribution in [0.2, 0.25) is 10.0 Å². The standard InChI is InChI=1S/C25H27Cl2N7O5S/c1-3-39-16-12-34(5-4-14(16)31-23(35)21-19(27)18(26)13(2)30-21)25-32-20(22(40-25)24(36)37)15-10-29-17(11-28-15)33-6-8-38-9-7-33/h10-11,16,30H,3-9,12H2,1-2H3,(H,36,37)/t16-/m0/s1. The van der Waals surface area contributed by atoms with Crippen LogP contribution in [0, 0.1) is 6.92 Å². The number of carbonyl (C=O) groups excluding carboxylic acids is 1. The maximum atomic E-state index is 12.9. The number of aryl methyl sites for hydroxylation is 1. The molecule has 0 bridgehead atoms. The minimum Gasteiger partial charge on any atom is -0.477 e. The number of carboxylic acid groups (broad SMARTS) is 1. The Hall–Kier alpha value is -3.10. The Morgan fingerprint density at radius 2 is 1.98 bits per heavy atom. The monoisotopic (exact) mass is 607 g/mol. The molecule has 2 saturated heterocycles. The molecule has 0 radical (unpaired) electrons. The molecule has 15 heteroatoms. The number of carbonyl (C=O) groups is 2. The fraction of sp³-hybridized carbons (Fsp3) is 0.440. The Kier molecular flexibility index (Phi) is 8.66. The summed E-state index contributed by atoms with van der Waals surface area (Å²) in [6.45, 7) is 7.44. The molecular formula is C25H27Cl2N7O5S. The fourth-order valence-electron chi connectivity index (χ4n) is 4.53. The van der Waals surface area contributed by atoms with E-state index in [-0.39, 0.29) is 26.3 Å². The molecule has 40 heavy (non-hydrogen) atoms. The number of hydrogen-bond donors (Lipinski definition) is 2. The lowest BCUT2D eigenvalue weighted by atomic mass is 10.1. The van der Waals surface area contributed by atoms with Gasteiger partial charge >= 0.3 is 5.97 Å². The number of ether oxygens (including phenoxy) is 2. The van der Waals surface area contributed by atoms with Gasteiger partial charge in [-0.1, -0.05) is 34.5 Å². The molecule has 0 unspecified atom stereocenters. The number of piperidine rings is 1. The number of hydrogen-bond acceptors (Lipinski definition) is 10. The van der Waals surface area contributed by atoms with Crippen molar-refractivity contribution >= 4 is 63.1 Å². The van der Waals surface area contributed by atoms with E-state index in [9.17, 15) is 14.7 Å². The average molecular weight is 609 g/mol. The summed E-state index contributed by atoms with van der Waals surface area (Å²) in [6, 6.07) is 0. The van der Waals surface area contributed by atoms with Gasteiger partial charge in [-0.3, -0.25) is 4.79 Å². The van der Waals surface area contributed by atoms with Crippen molar-refractivity contribution in [2.75, 3.05) is 55.8 Å². The Balaban J connectivity index is 1.37. The topological polar surface area (TPSA) is 146 Å². The first-order valence-corrected chi connectivity index (χ1v) is 14.2. The summed E-state index contributed by atoms with van der Waals surface area (Å²) in [5.41, 5.74) is 1.92. The Morgan fingerprint density at radius 3 is 2.60 bits per heavy atom. The third-order valence-electron chi connectivity index (χ3n) is 6.57. The first-order valence-electron chi connectivity index (χ1n) is 12.7. The SMILES string of the molecule is CCO[C@H]1CN(c2nc(-c3cnc(N4CCOCC4)cn3)c(C(=O)O)s2)CCC1=NC(=O)c1[nH]c(C)c(Cl)c1Cl. The van der Waals surface area contributed by atoms with Crippen LogP contribution in [-0.4, -0.2) is 94.7 Å². The zero-order chi connectivity index (χ0) is 28.4. The lowest BCUT2D eigenvalue weighted by Crippen LogP contribution is -2.46. The highest BCUT2D eigenvalue weighted by molar-refractivity contribution is 7.17. The molecule has 0 aromatic carbocycles. The third kappa shape index (κ3) is 5.84. The lowest BCUT2D eigenvalue weighted by molar-refractivity contribution is 0.0702. The zero-order valence-electron chi connectivity index (χ0n) is 21.8. The van der Waals surface area contributed by atoms with Gasteiger partial charge in [-0.2, -0.15) is 0 Å². The first kappa shape index (κ1) is 28.4. The van der Waals surface area contributed by atoms with Crippen LogP contribution in [0.4, 0.5) is 10.9 Å². The second-order valence-electron chi connectivity index (χ2n) is 9.14. The molecular weight excluding hydrogens is 581 g/mol. The predicted molar refractivity (Wildman–Crippen MR) is 153 cm³/mol. The van der Waals surface area contributed by atoms with Gasteiger partial charge < -0.3 is 29.4 Å². The van der Waals surface area contributed by atoms with Crippen molar-refractivity contribution in [2.45, 2.75) is 26.4 Å². The summed E-state index contributed by atoms with van der Waals surface area (Å²) in [5.74, 6) is -0.924. The van der Waals surface area contributed by atoms with E-state index in [1.165, 1.54) is 0 Å². The minimum absolute atomic E-state index is 0.0691. The summed E-state index contributed by atoms with van der Waals surface area (Å²) in [7, 11) is 0. The van der Waals surface area contributed by atoms with Crippen molar-refractivity contribution in [3.63, 3.8) is 0 Å². The van der Waals surface area contributed by atoms with Gasteiger partial charge in [0.25, 0.3) is 5.91 Å². The fourth-order valence-corrected chi connectivity index (χ4v) is 5.89. The van der Waals surface area contributed by atoms with Crippen LogP contribution >= 0.6 is 34.5 Å². The number of aromatic carboxylic acids is 1. The molecule has 2 aliphatic rings. The second-order valence-corrected chi connectivity index (χ2v) is 10.9. The molecule has 0 saturated carbocycles. The summed E-state index contributed by atoms with van der Waals surface area (Å²) < 4.78 is 11.3. The Morgan fingerprint density at radius 1 is 1.20 bits per heavy atom. The van der Waals surface area contributed by atoms with E-state index < -0.39 is 18.0 Å². The maximum Gasteiger partial charge on any atom is 0.348 e. The lowest BCUT2D eigenvalue weighted by Gasteiger charge is -2.33. The highest BCUT2D eigenvalue weighted by Gasteiger charge is 2.31. The normalized spacial score (nSPS) is 18.9. The van der Waals surface area contributed by atoms with Gasteiger partial charge in [0.15, 0.2) is 5.13 Å². The highest BCUT2D eigenvalue weighted by Crippen LogP contribution is 2.34. The highest BCUT2D eigenvalue weighted by atomic mass is 35.5. The number of H-pyrrole nitrogens is 1. The van der Waals surface area contributed by atoms with Crippen LogP contribution in [0.25, 0.3) is 11.4 Å². The van der Waals surface area contributed by atoms with E-state index in [1.807, 2.05) is 11.8 Å². The molecule has 2 fully saturated rings. The number of rotatable bonds is 7. The molecule has 2 aliphatic heterocycles. The molecule has 5 rings (SSSR count). The molecule has 1 amide bonds. The number of thiazole rings is 1. The number of morpholine rings is 1. The number of amides is 1. The number of anilines is 2. The maximum absolute atomic E-state index is 12.9. The minimum atomic E-state index is -1.10. The molecule has 3 aromatic rings. The van der Waals surface area contributed by atoms with Crippen molar-refractivity contribution in [3.8, 4) is 11.4 Å². The molecule has 212 valence electrons. The van der Waals surface area contributed by atoms with Crippen molar-refractivity contribution < 1.29 is 24.2 Å². The third-order valence-corrected chi connectivity index (χ3v) is 8.62. The van der Waals surface area contributed by atoms with Gasteiger partial charge in [-0.05, 0) is 13.8 Å². The largest absolute Gasteiger partial charge is 0.477 e. The Bertz CT molecular complexity index is 1440. The van der Waals surface area contributed by atoms with E-state index >= 15 is 0 Å². The van der Waals surface area contributed by atoms with Crippen molar-refractivity contribution in [1.29, 1.82) is 0 Å². The molecule has 2 N–H and O–H groups in total. The van der Waals surface area contributed by atoms with Crippen molar-refractivity contribution in [1.82, 2.24) is 19.9 Å². The van der Waals surface area contributed by atoms with Crippen molar-refractivity contribution in [2.24, 2.45) is 4.99 Å². The number of carboxylic acids is 1. The molecule has 0 spiro atoms. The van der Waals surface area contributed by atoms with Crippen LogP contribution in [-0.2, 0) is 9.47 Å². The molecule has 5 heterocycles. The number of halogens is 2. The smallest absolute Gasteiger partial charge is 0.348 e. The molecule has 3 aromatic heterocycles. The number of nitrogens with zero attached hydrogens (tertiary/aromatic N) is 6. The Labute approximate surface area is 244 Å². The second kappa shape index (κ2) is 12.2. The van der Waals surface area contributed by atoms with E-state index in [0.717, 1.165) is 11.3 Å². The van der Waals surface area contributed by atoms with Gasteiger partial charge in [0, 0.05) is 38.4 Å². The molecule has 0 aliphatic carbocycles. The quantitative estimate of drug-likeness (QED) is 0.404. The van der Waals surface area contributed by atoms with Crippen LogP contribution in [0.5, 0.6) is 0 Å². The summed E-state index contributed by atoms with van der Waals surface area (Å²) in [5, 5.41) is 10.8. The van der Waals surface area contributed by atoms with Crippen LogP contribution in [0.15, 0.2) is 17.4 Å². The number of aromatic nitrogens is 4. The predicted octanol–water partition coefficient (Wildman–Crippen LogP) is 3.97. The molecule has 1 atom stereocenters. The average Bonchev–Trinajstić information content (AvgIpc) is 3.52. The number of nitrogens with one attached hydrogen (secondary N) is 1. The zero-order valence-corrected chi connectivity index (χ0v) is 24.1. The van der Waals surface area contributed by atoms with E-state index in [4.69, 9.17) is 32.7 Å². The molecule has 12 nitrogen and oxygen atoms in total. The van der Waals surface area contributed by atoms with Gasteiger partial charge in [0.2, 0.25) is 0 Å². The van der Waals surface area contributed by atoms with Crippen molar-refractivity contribution in [3.05, 3.63) is 38.7 Å². The van der Waals surface area contributed by atoms with E-state index in [2.05, 4.69) is 29.8 Å². The van der Waals surface area contributed by atoms with Gasteiger partial charge in [0.1, 0.15) is 33.9 Å². The summed E-state index contributed by atoms with van der Waals surface area (Å²) in [4.78, 5) is 49.9. The van der Waals surface area contributed by atoms with Gasteiger partial charge in [-0.25, -0.2) is 24.7 Å². The number of aliphatic imine (C=N–C) groups is 1. The van der Waals surface area contributed by atoms with E-state index in [0.29, 0.717) is 80.5 Å². The summed E-state index contributed by atoms with van der Waals surface area (Å²) >= 11 is 13.4. The van der Waals surface area contributed by atoms with Crippen LogP contribution in [0.1, 0.15) is 39.2 Å². The number of aromatic amines is 1. The van der Waals surface area contributed by atoms with Crippen LogP contribution < -0.4 is 9.80 Å². The van der Waals surface area contributed by atoms with E-state index in [1.54, 1.807) is 19.3 Å². The van der Waals surface area contributed by atoms with Gasteiger partial charge in [0.05, 0.1) is 47.9 Å². The van der Waals surface area contributed by atoms with Gasteiger partial charge in [-0.15, -0.1) is 0 Å². The first-order chi connectivity index (χ1) is 19.3.